The van der Waals surface area contributed by atoms with Gasteiger partial charge in [-0.15, -0.1) is 0 Å². The fourth-order valence-corrected chi connectivity index (χ4v) is 3.71. The van der Waals surface area contributed by atoms with Gasteiger partial charge in [0.05, 0.1) is 6.54 Å². The minimum Gasteiger partial charge on any atom is -0.357 e. The summed E-state index contributed by atoms with van der Waals surface area (Å²) in [5, 5.41) is 6.77. The second kappa shape index (κ2) is 13.0. The molecule has 0 saturated carbocycles. The van der Waals surface area contributed by atoms with Crippen molar-refractivity contribution in [2.24, 2.45) is 4.99 Å². The summed E-state index contributed by atoms with van der Waals surface area (Å²) in [5.41, 5.74) is 2.69. The first kappa shape index (κ1) is 21.1. The Balaban J connectivity index is 1.78. The molecule has 0 radical (unpaired) electrons. The molecule has 1 aromatic rings. The molecule has 1 aliphatic rings. The third-order valence-electron chi connectivity index (χ3n) is 4.71. The Morgan fingerprint density at radius 3 is 2.46 bits per heavy atom. The summed E-state index contributed by atoms with van der Waals surface area (Å²) < 4.78 is 0. The van der Waals surface area contributed by atoms with E-state index in [1.165, 1.54) is 62.1 Å². The number of guanidine groups is 1. The van der Waals surface area contributed by atoms with Crippen molar-refractivity contribution in [3.05, 3.63) is 35.4 Å². The molecule has 1 saturated heterocycles. The second-order valence-electron chi connectivity index (χ2n) is 6.98. The molecule has 1 fully saturated rings. The Kier molecular flexibility index (Phi) is 10.6. The van der Waals surface area contributed by atoms with Crippen molar-refractivity contribution in [2.75, 3.05) is 38.2 Å². The number of hydrogen-bond acceptors (Lipinski definition) is 3. The van der Waals surface area contributed by atoms with Crippen LogP contribution >= 0.6 is 11.8 Å². The highest BCUT2D eigenvalue weighted by atomic mass is 32.2. The van der Waals surface area contributed by atoms with E-state index in [0.29, 0.717) is 0 Å². The van der Waals surface area contributed by atoms with Crippen molar-refractivity contribution in [2.45, 2.75) is 52.1 Å². The van der Waals surface area contributed by atoms with Crippen molar-refractivity contribution in [1.29, 1.82) is 0 Å². The van der Waals surface area contributed by atoms with Gasteiger partial charge in [0.25, 0.3) is 0 Å². The Bertz CT molecular complexity index is 509. The van der Waals surface area contributed by atoms with Crippen LogP contribution in [0.1, 0.15) is 50.2 Å². The topological polar surface area (TPSA) is 39.7 Å². The number of aliphatic imine (C=N–C) groups is 1. The van der Waals surface area contributed by atoms with Crippen LogP contribution in [0.3, 0.4) is 0 Å². The van der Waals surface area contributed by atoms with Gasteiger partial charge in [0.2, 0.25) is 0 Å². The molecule has 4 nitrogen and oxygen atoms in total. The highest BCUT2D eigenvalue weighted by Crippen LogP contribution is 2.14. The first-order valence-corrected chi connectivity index (χ1v) is 11.5. The number of thioether (sulfide) groups is 1. The van der Waals surface area contributed by atoms with Crippen LogP contribution in [0.25, 0.3) is 0 Å². The van der Waals surface area contributed by atoms with E-state index in [1.54, 1.807) is 0 Å². The van der Waals surface area contributed by atoms with Crippen LogP contribution in [0.4, 0.5) is 0 Å². The third-order valence-corrected chi connectivity index (χ3v) is 5.41. The molecule has 1 aromatic carbocycles. The molecule has 26 heavy (non-hydrogen) atoms. The Morgan fingerprint density at radius 1 is 1.04 bits per heavy atom. The lowest BCUT2D eigenvalue weighted by molar-refractivity contribution is 0.221. The van der Waals surface area contributed by atoms with Crippen LogP contribution < -0.4 is 10.6 Å². The average Bonchev–Trinajstić information content (AvgIpc) is 2.68. The maximum atomic E-state index is 4.73. The van der Waals surface area contributed by atoms with Crippen molar-refractivity contribution >= 4 is 17.7 Å². The summed E-state index contributed by atoms with van der Waals surface area (Å²) in [6.45, 7) is 8.31. The molecule has 1 heterocycles. The third kappa shape index (κ3) is 8.45. The van der Waals surface area contributed by atoms with Gasteiger partial charge in [-0.25, -0.2) is 4.99 Å². The van der Waals surface area contributed by atoms with Crippen molar-refractivity contribution in [3.8, 4) is 0 Å². The van der Waals surface area contributed by atoms with Gasteiger partial charge in [-0.05, 0) is 68.8 Å². The molecule has 2 N–H and O–H groups in total. The lowest BCUT2D eigenvalue weighted by Gasteiger charge is -2.26. The Hall–Kier alpha value is -1.20. The van der Waals surface area contributed by atoms with Crippen LogP contribution in [0.2, 0.25) is 0 Å². The zero-order valence-corrected chi connectivity index (χ0v) is 17.4. The fraction of sp³-hybridized carbons (Fsp3) is 0.667. The van der Waals surface area contributed by atoms with Crippen LogP contribution in [0.15, 0.2) is 29.3 Å². The molecule has 0 bridgehead atoms. The minimum atomic E-state index is 0.726. The van der Waals surface area contributed by atoms with Crippen molar-refractivity contribution in [3.63, 3.8) is 0 Å². The zero-order valence-electron chi connectivity index (χ0n) is 16.6. The van der Waals surface area contributed by atoms with Gasteiger partial charge in [-0.3, -0.25) is 4.90 Å². The lowest BCUT2D eigenvalue weighted by Crippen LogP contribution is -2.37. The van der Waals surface area contributed by atoms with Gasteiger partial charge >= 0.3 is 0 Å². The van der Waals surface area contributed by atoms with Crippen molar-refractivity contribution in [1.82, 2.24) is 15.5 Å². The fourth-order valence-electron chi connectivity index (χ4n) is 3.22. The molecule has 0 unspecified atom stereocenters. The van der Waals surface area contributed by atoms with E-state index >= 15 is 0 Å². The summed E-state index contributed by atoms with van der Waals surface area (Å²) in [7, 11) is 0. The zero-order chi connectivity index (χ0) is 18.5. The van der Waals surface area contributed by atoms with E-state index in [2.05, 4.69) is 53.0 Å². The molecule has 0 amide bonds. The quantitative estimate of drug-likeness (QED) is 0.369. The Morgan fingerprint density at radius 2 is 1.77 bits per heavy atom. The number of benzene rings is 1. The highest BCUT2D eigenvalue weighted by Gasteiger charge is 2.10. The summed E-state index contributed by atoms with van der Waals surface area (Å²) in [4.78, 5) is 7.30. The summed E-state index contributed by atoms with van der Waals surface area (Å²) in [6.07, 6.45) is 8.71. The van der Waals surface area contributed by atoms with Crippen LogP contribution in [0.5, 0.6) is 0 Å². The SMILES string of the molecule is CCNC(=NCc1ccc(CN2CCCCC2)cc1)NCCCCSC. The van der Waals surface area contributed by atoms with Gasteiger partial charge in [-0.2, -0.15) is 11.8 Å². The standard InChI is InChI=1S/C21H36N4S/c1-3-22-21(23-13-5-8-16-26-2)24-17-19-9-11-20(12-10-19)18-25-14-6-4-7-15-25/h9-12H,3-8,13-18H2,1-2H3,(H2,22,23,24). The molecule has 5 heteroatoms. The highest BCUT2D eigenvalue weighted by molar-refractivity contribution is 7.98. The predicted molar refractivity (Wildman–Crippen MR) is 116 cm³/mol. The van der Waals surface area contributed by atoms with E-state index in [1.807, 2.05) is 11.8 Å². The largest absolute Gasteiger partial charge is 0.357 e. The molecule has 0 aliphatic carbocycles. The number of nitrogens with one attached hydrogen (secondary N) is 2. The summed E-state index contributed by atoms with van der Waals surface area (Å²) in [5.74, 6) is 2.16. The van der Waals surface area contributed by atoms with Crippen molar-refractivity contribution < 1.29 is 0 Å². The molecule has 2 rings (SSSR count). The minimum absolute atomic E-state index is 0.726. The van der Waals surface area contributed by atoms with Gasteiger partial charge in [-0.1, -0.05) is 30.7 Å². The lowest BCUT2D eigenvalue weighted by atomic mass is 10.1. The predicted octanol–water partition coefficient (Wildman–Crippen LogP) is 3.87. The van der Waals surface area contributed by atoms with E-state index in [9.17, 15) is 0 Å². The van der Waals surface area contributed by atoms with Crippen LogP contribution in [-0.4, -0.2) is 49.0 Å². The van der Waals surface area contributed by atoms with Gasteiger partial charge in [0.1, 0.15) is 0 Å². The maximum Gasteiger partial charge on any atom is 0.191 e. The number of unbranched alkanes of at least 4 members (excludes halogenated alkanes) is 1. The average molecular weight is 377 g/mol. The monoisotopic (exact) mass is 376 g/mol. The maximum absolute atomic E-state index is 4.73. The van der Waals surface area contributed by atoms with Gasteiger partial charge < -0.3 is 10.6 Å². The van der Waals surface area contributed by atoms with Gasteiger partial charge in [0.15, 0.2) is 5.96 Å². The second-order valence-corrected chi connectivity index (χ2v) is 7.96. The molecule has 0 atom stereocenters. The molecule has 146 valence electrons. The summed E-state index contributed by atoms with van der Waals surface area (Å²) >= 11 is 1.91. The van der Waals surface area contributed by atoms with Crippen LogP contribution in [0, 0.1) is 0 Å². The first-order chi connectivity index (χ1) is 12.8. The molecular formula is C21H36N4S. The van der Waals surface area contributed by atoms with Crippen LogP contribution in [-0.2, 0) is 13.1 Å². The van der Waals surface area contributed by atoms with Gasteiger partial charge in [0, 0.05) is 19.6 Å². The number of rotatable bonds is 10. The normalized spacial score (nSPS) is 15.8. The molecule has 0 spiro atoms. The first-order valence-electron chi connectivity index (χ1n) is 10.1. The Labute approximate surface area is 164 Å². The number of likely N-dealkylation sites (tertiary alicyclic amines) is 1. The van der Waals surface area contributed by atoms with E-state index in [-0.39, 0.29) is 0 Å². The van der Waals surface area contributed by atoms with E-state index in [4.69, 9.17) is 4.99 Å². The molecule has 0 aromatic heterocycles. The number of hydrogen-bond donors (Lipinski definition) is 2. The van der Waals surface area contributed by atoms with E-state index in [0.717, 1.165) is 32.1 Å². The molecule has 1 aliphatic heterocycles. The number of nitrogens with zero attached hydrogens (tertiary/aromatic N) is 2. The molecular weight excluding hydrogens is 340 g/mol. The number of piperidine rings is 1. The summed E-state index contributed by atoms with van der Waals surface area (Å²) in [6, 6.07) is 8.99. The van der Waals surface area contributed by atoms with E-state index < -0.39 is 0 Å². The smallest absolute Gasteiger partial charge is 0.191 e.